The van der Waals surface area contributed by atoms with Gasteiger partial charge in [0, 0.05) is 10.9 Å². The number of aliphatic hydroxyl groups excluding tert-OH is 1. The molecule has 27 heavy (non-hydrogen) atoms. The lowest BCUT2D eigenvalue weighted by Gasteiger charge is -2.16. The van der Waals surface area contributed by atoms with Crippen LogP contribution in [0.1, 0.15) is 49.2 Å². The Hall–Kier alpha value is -2.06. The molecule has 3 aromatic rings. The highest BCUT2D eigenvalue weighted by molar-refractivity contribution is 14.1. The van der Waals surface area contributed by atoms with Crippen LogP contribution in [0.3, 0.4) is 0 Å². The number of benzene rings is 2. The van der Waals surface area contributed by atoms with Gasteiger partial charge in [-0.2, -0.15) is 0 Å². The van der Waals surface area contributed by atoms with E-state index in [2.05, 4.69) is 22.6 Å². The predicted octanol–water partition coefficient (Wildman–Crippen LogP) is 5.25. The van der Waals surface area contributed by atoms with E-state index in [1.165, 1.54) is 0 Å². The largest absolute Gasteiger partial charge is 0.489 e. The Labute approximate surface area is 171 Å². The van der Waals surface area contributed by atoms with Gasteiger partial charge in [0.2, 0.25) is 0 Å². The highest BCUT2D eigenvalue weighted by Gasteiger charge is 2.21. The highest BCUT2D eigenvalue weighted by atomic mass is 127. The standard InChI is InChI=1S/C21H21IO5/c1-3-15(21(24)25)16-6-4-5-7-18(16)26-11-13-8-14-10-19(12(2)23)27-20(14)17(22)9-13/h4-10,12,15,23H,3,11H2,1-2H3,(H,24,25). The van der Waals surface area contributed by atoms with Crippen molar-refractivity contribution in [3.63, 3.8) is 0 Å². The van der Waals surface area contributed by atoms with Crippen LogP contribution in [-0.4, -0.2) is 16.2 Å². The number of carbonyl (C=O) groups is 1. The third-order valence-corrected chi connectivity index (χ3v) is 5.26. The maximum absolute atomic E-state index is 11.5. The number of aliphatic carboxylic acids is 1. The summed E-state index contributed by atoms with van der Waals surface area (Å²) in [4.78, 5) is 11.5. The first kappa shape index (κ1) is 19.7. The van der Waals surface area contributed by atoms with Gasteiger partial charge in [0.15, 0.2) is 0 Å². The Kier molecular flexibility index (Phi) is 6.06. The molecule has 6 heteroatoms. The van der Waals surface area contributed by atoms with Crippen LogP contribution in [0, 0.1) is 3.57 Å². The van der Waals surface area contributed by atoms with Gasteiger partial charge < -0.3 is 19.4 Å². The van der Waals surface area contributed by atoms with Crippen molar-refractivity contribution in [1.82, 2.24) is 0 Å². The van der Waals surface area contributed by atoms with Crippen LogP contribution in [0.25, 0.3) is 11.0 Å². The number of para-hydroxylation sites is 1. The molecule has 0 radical (unpaired) electrons. The second kappa shape index (κ2) is 8.31. The van der Waals surface area contributed by atoms with Gasteiger partial charge in [-0.15, -0.1) is 0 Å². The molecule has 142 valence electrons. The van der Waals surface area contributed by atoms with Crippen molar-refractivity contribution >= 4 is 39.5 Å². The highest BCUT2D eigenvalue weighted by Crippen LogP contribution is 2.32. The summed E-state index contributed by atoms with van der Waals surface area (Å²) in [5, 5.41) is 20.1. The third-order valence-electron chi connectivity index (χ3n) is 4.46. The van der Waals surface area contributed by atoms with Gasteiger partial charge in [0.1, 0.15) is 29.8 Å². The van der Waals surface area contributed by atoms with Crippen LogP contribution >= 0.6 is 22.6 Å². The van der Waals surface area contributed by atoms with E-state index in [-0.39, 0.29) is 0 Å². The average molecular weight is 480 g/mol. The lowest BCUT2D eigenvalue weighted by Crippen LogP contribution is -2.12. The molecule has 2 unspecified atom stereocenters. The van der Waals surface area contributed by atoms with Gasteiger partial charge in [0.25, 0.3) is 0 Å². The molecular weight excluding hydrogens is 459 g/mol. The summed E-state index contributed by atoms with van der Waals surface area (Å²) in [5.74, 6) is -0.336. The zero-order valence-electron chi connectivity index (χ0n) is 15.1. The Morgan fingerprint density at radius 2 is 2.00 bits per heavy atom. The van der Waals surface area contributed by atoms with Crippen molar-refractivity contribution < 1.29 is 24.2 Å². The van der Waals surface area contributed by atoms with E-state index in [1.807, 2.05) is 37.3 Å². The van der Waals surface area contributed by atoms with E-state index in [9.17, 15) is 15.0 Å². The minimum Gasteiger partial charge on any atom is -0.489 e. The summed E-state index contributed by atoms with van der Waals surface area (Å²) in [6.07, 6.45) is -0.168. The molecule has 2 N–H and O–H groups in total. The van der Waals surface area contributed by atoms with Crippen LogP contribution in [0.2, 0.25) is 0 Å². The third kappa shape index (κ3) is 4.27. The molecular formula is C21H21IO5. The van der Waals surface area contributed by atoms with Crippen LogP contribution in [0.4, 0.5) is 0 Å². The molecule has 0 saturated carbocycles. The average Bonchev–Trinajstić information content (AvgIpc) is 3.06. The lowest BCUT2D eigenvalue weighted by molar-refractivity contribution is -0.138. The molecule has 3 rings (SSSR count). The van der Waals surface area contributed by atoms with Gasteiger partial charge in [-0.3, -0.25) is 4.79 Å². The second-order valence-electron chi connectivity index (χ2n) is 6.45. The van der Waals surface area contributed by atoms with Crippen molar-refractivity contribution in [3.8, 4) is 5.75 Å². The van der Waals surface area contributed by atoms with E-state index in [0.717, 1.165) is 20.1 Å². The minimum atomic E-state index is -0.853. The SMILES string of the molecule is CCC(C(=O)O)c1ccccc1OCc1cc(I)c2oc(C(C)O)cc2c1. The lowest BCUT2D eigenvalue weighted by atomic mass is 9.96. The molecule has 2 aromatic carbocycles. The van der Waals surface area contributed by atoms with Crippen LogP contribution in [0.15, 0.2) is 46.9 Å². The van der Waals surface area contributed by atoms with Gasteiger partial charge in [-0.25, -0.2) is 0 Å². The Morgan fingerprint density at radius 3 is 2.67 bits per heavy atom. The summed E-state index contributed by atoms with van der Waals surface area (Å²) >= 11 is 2.20. The normalized spacial score (nSPS) is 13.5. The molecule has 0 bridgehead atoms. The fourth-order valence-electron chi connectivity index (χ4n) is 3.07. The zero-order valence-corrected chi connectivity index (χ0v) is 17.3. The first-order valence-electron chi connectivity index (χ1n) is 8.75. The Morgan fingerprint density at radius 1 is 1.26 bits per heavy atom. The predicted molar refractivity (Wildman–Crippen MR) is 111 cm³/mol. The van der Waals surface area contributed by atoms with E-state index in [1.54, 1.807) is 19.1 Å². The number of furan rings is 1. The monoisotopic (exact) mass is 480 g/mol. The summed E-state index contributed by atoms with van der Waals surface area (Å²) in [7, 11) is 0. The molecule has 1 aromatic heterocycles. The van der Waals surface area contributed by atoms with E-state index in [4.69, 9.17) is 9.15 Å². The van der Waals surface area contributed by atoms with Crippen molar-refractivity contribution in [2.75, 3.05) is 0 Å². The number of carboxylic acid groups (broad SMARTS) is 1. The summed E-state index contributed by atoms with van der Waals surface area (Å²) in [5.41, 5.74) is 2.37. The maximum Gasteiger partial charge on any atom is 0.311 e. The summed E-state index contributed by atoms with van der Waals surface area (Å²) < 4.78 is 12.6. The number of aliphatic hydroxyl groups is 1. The maximum atomic E-state index is 11.5. The van der Waals surface area contributed by atoms with Crippen molar-refractivity contribution in [1.29, 1.82) is 0 Å². The number of rotatable bonds is 7. The van der Waals surface area contributed by atoms with Gasteiger partial charge in [-0.05, 0) is 65.8 Å². The van der Waals surface area contributed by atoms with Crippen LogP contribution in [-0.2, 0) is 11.4 Å². The molecule has 0 spiro atoms. The van der Waals surface area contributed by atoms with Crippen molar-refractivity contribution in [3.05, 3.63) is 62.9 Å². The number of hydrogen-bond donors (Lipinski definition) is 2. The number of ether oxygens (including phenoxy) is 1. The fourth-order valence-corrected chi connectivity index (χ4v) is 3.89. The molecule has 1 heterocycles. The summed E-state index contributed by atoms with van der Waals surface area (Å²) in [6, 6.07) is 13.0. The summed E-state index contributed by atoms with van der Waals surface area (Å²) in [6.45, 7) is 3.83. The Balaban J connectivity index is 1.86. The van der Waals surface area contributed by atoms with Gasteiger partial charge in [-0.1, -0.05) is 25.1 Å². The first-order valence-corrected chi connectivity index (χ1v) is 9.83. The topological polar surface area (TPSA) is 79.9 Å². The number of hydrogen-bond acceptors (Lipinski definition) is 4. The number of carboxylic acids is 1. The second-order valence-corrected chi connectivity index (χ2v) is 7.61. The Bertz CT molecular complexity index is 960. The smallest absolute Gasteiger partial charge is 0.311 e. The molecule has 0 saturated heterocycles. The molecule has 0 aliphatic carbocycles. The fraction of sp³-hybridized carbons (Fsp3) is 0.286. The van der Waals surface area contributed by atoms with Gasteiger partial charge >= 0.3 is 5.97 Å². The van der Waals surface area contributed by atoms with Crippen molar-refractivity contribution in [2.45, 2.75) is 38.9 Å². The molecule has 0 aliphatic rings. The minimum absolute atomic E-state index is 0.314. The first-order chi connectivity index (χ1) is 12.9. The molecule has 5 nitrogen and oxygen atoms in total. The van der Waals surface area contributed by atoms with E-state index < -0.39 is 18.0 Å². The molecule has 0 fully saturated rings. The van der Waals surface area contributed by atoms with Crippen molar-refractivity contribution in [2.24, 2.45) is 0 Å². The van der Waals surface area contributed by atoms with E-state index in [0.29, 0.717) is 30.1 Å². The number of fused-ring (bicyclic) bond motifs is 1. The van der Waals surface area contributed by atoms with Crippen LogP contribution < -0.4 is 4.74 Å². The zero-order chi connectivity index (χ0) is 19.6. The van der Waals surface area contributed by atoms with Gasteiger partial charge in [0.05, 0.1) is 9.49 Å². The number of halogens is 1. The molecule has 0 amide bonds. The quantitative estimate of drug-likeness (QED) is 0.452. The van der Waals surface area contributed by atoms with E-state index >= 15 is 0 Å². The molecule has 2 atom stereocenters. The molecule has 0 aliphatic heterocycles. The van der Waals surface area contributed by atoms with Crippen LogP contribution in [0.5, 0.6) is 5.75 Å².